The molecule has 0 saturated carbocycles. The standard InChI is InChI=1S/C28H41N3O5S/c1-7-8-16-29-28(33)23(4)30(20-24-11-9-12-25(19-24)36-5)27(32)13-10-17-31(37(6,34)35)26-18-21(2)14-15-22(26)3/h9,11-12,14-15,18-19,23H,7-8,10,13,16-17,20H2,1-6H3,(H,29,33)/t23-/m0/s1. The van der Waals surface area contributed by atoms with Crippen molar-refractivity contribution < 1.29 is 22.7 Å². The average Bonchev–Trinajstić information content (AvgIpc) is 2.85. The van der Waals surface area contributed by atoms with Crippen LogP contribution in [-0.2, 0) is 26.2 Å². The maximum absolute atomic E-state index is 13.4. The number of carbonyl (C=O) groups is 2. The molecule has 204 valence electrons. The average molecular weight is 532 g/mol. The van der Waals surface area contributed by atoms with Crippen LogP contribution >= 0.6 is 0 Å². The van der Waals surface area contributed by atoms with Crippen LogP contribution in [0.4, 0.5) is 5.69 Å². The molecule has 2 rings (SSSR count). The lowest BCUT2D eigenvalue weighted by atomic mass is 10.1. The Balaban J connectivity index is 2.20. The molecular formula is C28H41N3O5S. The molecule has 1 N–H and O–H groups in total. The van der Waals surface area contributed by atoms with Gasteiger partial charge in [0.2, 0.25) is 21.8 Å². The second-order valence-corrected chi connectivity index (χ2v) is 11.3. The smallest absolute Gasteiger partial charge is 0.242 e. The first-order chi connectivity index (χ1) is 17.5. The molecule has 2 amide bonds. The van der Waals surface area contributed by atoms with Crippen molar-refractivity contribution in [1.29, 1.82) is 0 Å². The molecule has 0 aliphatic heterocycles. The Morgan fingerprint density at radius 2 is 1.81 bits per heavy atom. The van der Waals surface area contributed by atoms with E-state index >= 15 is 0 Å². The van der Waals surface area contributed by atoms with E-state index in [0.29, 0.717) is 24.4 Å². The number of amides is 2. The van der Waals surface area contributed by atoms with Gasteiger partial charge in [-0.3, -0.25) is 13.9 Å². The van der Waals surface area contributed by atoms with Gasteiger partial charge < -0.3 is 15.0 Å². The van der Waals surface area contributed by atoms with E-state index in [-0.39, 0.29) is 31.3 Å². The van der Waals surface area contributed by atoms with Crippen LogP contribution in [0.1, 0.15) is 56.2 Å². The maximum atomic E-state index is 13.4. The highest BCUT2D eigenvalue weighted by Crippen LogP contribution is 2.25. The van der Waals surface area contributed by atoms with E-state index < -0.39 is 16.1 Å². The summed E-state index contributed by atoms with van der Waals surface area (Å²) < 4.78 is 31.9. The van der Waals surface area contributed by atoms with Crippen LogP contribution in [-0.4, -0.2) is 57.6 Å². The third-order valence-electron chi connectivity index (χ3n) is 6.27. The number of rotatable bonds is 14. The minimum Gasteiger partial charge on any atom is -0.497 e. The van der Waals surface area contributed by atoms with Gasteiger partial charge >= 0.3 is 0 Å². The number of methoxy groups -OCH3 is 1. The quantitative estimate of drug-likeness (QED) is 0.369. The van der Waals surface area contributed by atoms with Crippen LogP contribution in [0.25, 0.3) is 0 Å². The largest absolute Gasteiger partial charge is 0.497 e. The van der Waals surface area contributed by atoms with Gasteiger partial charge in [-0.1, -0.05) is 37.6 Å². The third-order valence-corrected chi connectivity index (χ3v) is 7.45. The van der Waals surface area contributed by atoms with E-state index in [0.717, 1.165) is 29.5 Å². The molecule has 9 heteroatoms. The number of sulfonamides is 1. The Hall–Kier alpha value is -3.07. The van der Waals surface area contributed by atoms with E-state index in [2.05, 4.69) is 5.32 Å². The summed E-state index contributed by atoms with van der Waals surface area (Å²) in [5.74, 6) is 0.246. The topological polar surface area (TPSA) is 96.0 Å². The van der Waals surface area contributed by atoms with Crippen molar-refractivity contribution in [3.8, 4) is 5.75 Å². The first-order valence-electron chi connectivity index (χ1n) is 12.7. The minimum absolute atomic E-state index is 0.105. The maximum Gasteiger partial charge on any atom is 0.242 e. The molecule has 0 unspecified atom stereocenters. The number of anilines is 1. The van der Waals surface area contributed by atoms with Crippen molar-refractivity contribution in [1.82, 2.24) is 10.2 Å². The molecule has 0 radical (unpaired) electrons. The Kier molecular flexibility index (Phi) is 11.4. The molecule has 0 saturated heterocycles. The number of hydrogen-bond donors (Lipinski definition) is 1. The van der Waals surface area contributed by atoms with Crippen molar-refractivity contribution in [2.24, 2.45) is 0 Å². The molecular weight excluding hydrogens is 490 g/mol. The second kappa shape index (κ2) is 14.0. The number of aryl methyl sites for hydroxylation is 2. The SMILES string of the molecule is CCCCNC(=O)[C@H](C)N(Cc1cccc(OC)c1)C(=O)CCCN(c1cc(C)ccc1C)S(C)(=O)=O. The van der Waals surface area contributed by atoms with Crippen molar-refractivity contribution in [2.45, 2.75) is 66.0 Å². The number of nitrogens with zero attached hydrogens (tertiary/aromatic N) is 2. The normalized spacial score (nSPS) is 12.1. The fourth-order valence-corrected chi connectivity index (χ4v) is 5.07. The van der Waals surface area contributed by atoms with Crippen molar-refractivity contribution in [2.75, 3.05) is 30.8 Å². The number of hydrogen-bond acceptors (Lipinski definition) is 5. The molecule has 0 bridgehead atoms. The Morgan fingerprint density at radius 3 is 2.46 bits per heavy atom. The molecule has 0 aliphatic rings. The molecule has 8 nitrogen and oxygen atoms in total. The van der Waals surface area contributed by atoms with Gasteiger partial charge in [-0.15, -0.1) is 0 Å². The number of unbranched alkanes of at least 4 members (excludes halogenated alkanes) is 1. The first kappa shape index (κ1) is 30.2. The fourth-order valence-electron chi connectivity index (χ4n) is 4.06. The highest BCUT2D eigenvalue weighted by atomic mass is 32.2. The number of ether oxygens (including phenoxy) is 1. The highest BCUT2D eigenvalue weighted by Gasteiger charge is 2.27. The molecule has 1 atom stereocenters. The lowest BCUT2D eigenvalue weighted by molar-refractivity contribution is -0.140. The van der Waals surface area contributed by atoms with Crippen LogP contribution in [0.2, 0.25) is 0 Å². The predicted octanol–water partition coefficient (Wildman–Crippen LogP) is 4.19. The third kappa shape index (κ3) is 9.07. The molecule has 0 fully saturated rings. The van der Waals surface area contributed by atoms with Crippen molar-refractivity contribution in [3.05, 3.63) is 59.2 Å². The Labute approximate surface area is 222 Å². The van der Waals surface area contributed by atoms with Crippen molar-refractivity contribution in [3.63, 3.8) is 0 Å². The van der Waals surface area contributed by atoms with E-state index in [1.54, 1.807) is 18.9 Å². The van der Waals surface area contributed by atoms with E-state index in [4.69, 9.17) is 4.74 Å². The van der Waals surface area contributed by atoms with Gasteiger partial charge in [0, 0.05) is 26.1 Å². The summed E-state index contributed by atoms with van der Waals surface area (Å²) in [5, 5.41) is 2.91. The molecule has 37 heavy (non-hydrogen) atoms. The lowest BCUT2D eigenvalue weighted by Crippen LogP contribution is -2.48. The molecule has 0 aromatic heterocycles. The number of benzene rings is 2. The summed E-state index contributed by atoms with van der Waals surface area (Å²) in [5.41, 5.74) is 3.26. The Bertz CT molecular complexity index is 1170. The predicted molar refractivity (Wildman–Crippen MR) is 148 cm³/mol. The Morgan fingerprint density at radius 1 is 1.08 bits per heavy atom. The zero-order valence-electron chi connectivity index (χ0n) is 22.9. The van der Waals surface area contributed by atoms with Gasteiger partial charge in [-0.2, -0.15) is 0 Å². The molecule has 0 heterocycles. The monoisotopic (exact) mass is 531 g/mol. The van der Waals surface area contributed by atoms with Crippen LogP contribution in [0.3, 0.4) is 0 Å². The minimum atomic E-state index is -3.54. The van der Waals surface area contributed by atoms with Crippen molar-refractivity contribution >= 4 is 27.5 Å². The van der Waals surface area contributed by atoms with Crippen LogP contribution in [0, 0.1) is 13.8 Å². The van der Waals surface area contributed by atoms with Crippen LogP contribution in [0.5, 0.6) is 5.75 Å². The van der Waals surface area contributed by atoms with Crippen LogP contribution in [0.15, 0.2) is 42.5 Å². The van der Waals surface area contributed by atoms with Gasteiger partial charge in [0.1, 0.15) is 11.8 Å². The van der Waals surface area contributed by atoms with Gasteiger partial charge in [0.25, 0.3) is 0 Å². The van der Waals surface area contributed by atoms with Gasteiger partial charge in [0.15, 0.2) is 0 Å². The fraction of sp³-hybridized carbons (Fsp3) is 0.500. The number of nitrogens with one attached hydrogen (secondary N) is 1. The van der Waals surface area contributed by atoms with E-state index in [1.165, 1.54) is 10.6 Å². The summed E-state index contributed by atoms with van der Waals surface area (Å²) in [6.07, 6.45) is 3.42. The van der Waals surface area contributed by atoms with Gasteiger partial charge in [-0.05, 0) is 68.5 Å². The van der Waals surface area contributed by atoms with Crippen LogP contribution < -0.4 is 14.4 Å². The highest BCUT2D eigenvalue weighted by molar-refractivity contribution is 7.92. The summed E-state index contributed by atoms with van der Waals surface area (Å²) in [7, 11) is -1.97. The first-order valence-corrected chi connectivity index (χ1v) is 14.6. The second-order valence-electron chi connectivity index (χ2n) is 9.42. The summed E-state index contributed by atoms with van der Waals surface area (Å²) in [4.78, 5) is 27.8. The zero-order chi connectivity index (χ0) is 27.6. The summed E-state index contributed by atoms with van der Waals surface area (Å²) in [6, 6.07) is 12.4. The van der Waals surface area contributed by atoms with E-state index in [9.17, 15) is 18.0 Å². The molecule has 2 aromatic rings. The van der Waals surface area contributed by atoms with Gasteiger partial charge in [0.05, 0.1) is 19.1 Å². The molecule has 2 aromatic carbocycles. The molecule has 0 spiro atoms. The zero-order valence-corrected chi connectivity index (χ0v) is 23.7. The van der Waals surface area contributed by atoms with E-state index in [1.807, 2.05) is 63.2 Å². The summed E-state index contributed by atoms with van der Waals surface area (Å²) >= 11 is 0. The number of carbonyl (C=O) groups excluding carboxylic acids is 2. The lowest BCUT2D eigenvalue weighted by Gasteiger charge is -2.30. The molecule has 0 aliphatic carbocycles. The van der Waals surface area contributed by atoms with Gasteiger partial charge in [-0.25, -0.2) is 8.42 Å². The summed E-state index contributed by atoms with van der Waals surface area (Å²) in [6.45, 7) is 8.51.